The zero-order chi connectivity index (χ0) is 14.8. The van der Waals surface area contributed by atoms with Gasteiger partial charge in [-0.05, 0) is 30.3 Å². The van der Waals surface area contributed by atoms with Crippen LogP contribution >= 0.6 is 0 Å². The third kappa shape index (κ3) is 3.18. The molecule has 0 spiro atoms. The Morgan fingerprint density at radius 1 is 1.25 bits per heavy atom. The number of aromatic nitrogens is 1. The average molecular weight is 294 g/mol. The molecule has 7 heteroatoms. The first kappa shape index (κ1) is 14.1. The van der Waals surface area contributed by atoms with E-state index in [2.05, 4.69) is 10.3 Å². The van der Waals surface area contributed by atoms with Crippen molar-refractivity contribution in [3.05, 3.63) is 54.1 Å². The Labute approximate surface area is 115 Å². The second-order valence-corrected chi connectivity index (χ2v) is 6.11. The van der Waals surface area contributed by atoms with Crippen molar-refractivity contribution < 1.29 is 17.6 Å². The first-order valence-electron chi connectivity index (χ1n) is 5.60. The van der Waals surface area contributed by atoms with Gasteiger partial charge < -0.3 is 5.32 Å². The summed E-state index contributed by atoms with van der Waals surface area (Å²) in [6.07, 6.45) is 2.30. The van der Waals surface area contributed by atoms with Crippen molar-refractivity contribution in [3.63, 3.8) is 0 Å². The molecule has 0 radical (unpaired) electrons. The lowest BCUT2D eigenvalue weighted by atomic mass is 10.2. The van der Waals surface area contributed by atoms with Crippen LogP contribution < -0.4 is 5.32 Å². The molecule has 0 unspecified atom stereocenters. The molecular formula is C13H11FN2O3S. The molecule has 0 aliphatic rings. The molecule has 0 aliphatic carbocycles. The van der Waals surface area contributed by atoms with Crippen molar-refractivity contribution in [2.75, 3.05) is 11.6 Å². The molecule has 0 saturated heterocycles. The van der Waals surface area contributed by atoms with E-state index in [1.165, 1.54) is 42.6 Å². The Morgan fingerprint density at radius 2 is 2.00 bits per heavy atom. The van der Waals surface area contributed by atoms with Crippen LogP contribution in [0.4, 0.5) is 10.1 Å². The Hall–Kier alpha value is -2.28. The largest absolute Gasteiger partial charge is 0.322 e. The van der Waals surface area contributed by atoms with Crippen LogP contribution in [0.5, 0.6) is 0 Å². The number of hydrogen-bond donors (Lipinski definition) is 1. The maximum absolute atomic E-state index is 13.3. The Bertz CT molecular complexity index is 760. The normalized spacial score (nSPS) is 11.1. The van der Waals surface area contributed by atoms with Gasteiger partial charge in [0.05, 0.1) is 10.5 Å². The summed E-state index contributed by atoms with van der Waals surface area (Å²) in [6, 6.07) is 8.45. The van der Waals surface area contributed by atoms with Crippen LogP contribution in [-0.4, -0.2) is 25.6 Å². The molecule has 2 aromatic rings. The number of sulfone groups is 1. The average Bonchev–Trinajstić information content (AvgIpc) is 2.38. The highest BCUT2D eigenvalue weighted by molar-refractivity contribution is 7.90. The van der Waals surface area contributed by atoms with E-state index in [9.17, 15) is 17.6 Å². The summed E-state index contributed by atoms with van der Waals surface area (Å²) < 4.78 is 36.2. The van der Waals surface area contributed by atoms with Crippen LogP contribution in [0.15, 0.2) is 47.5 Å². The van der Waals surface area contributed by atoms with Gasteiger partial charge in [-0.25, -0.2) is 13.4 Å². The molecule has 1 aromatic carbocycles. The predicted molar refractivity (Wildman–Crippen MR) is 71.7 cm³/mol. The smallest absolute Gasteiger partial charge is 0.260 e. The minimum Gasteiger partial charge on any atom is -0.322 e. The molecule has 1 N–H and O–H groups in total. The number of nitrogens with zero attached hydrogens (tertiary/aromatic N) is 1. The minimum atomic E-state index is -3.37. The fourth-order valence-corrected chi connectivity index (χ4v) is 2.23. The Kier molecular flexibility index (Phi) is 3.80. The van der Waals surface area contributed by atoms with Crippen molar-refractivity contribution in [3.8, 4) is 0 Å². The summed E-state index contributed by atoms with van der Waals surface area (Å²) in [5.74, 6) is -1.58. The van der Waals surface area contributed by atoms with Crippen LogP contribution in [-0.2, 0) is 9.84 Å². The number of nitrogens with one attached hydrogen (secondary N) is 1. The molecule has 1 aromatic heterocycles. The maximum Gasteiger partial charge on any atom is 0.260 e. The predicted octanol–water partition coefficient (Wildman–Crippen LogP) is 1.88. The van der Waals surface area contributed by atoms with Crippen molar-refractivity contribution in [1.82, 2.24) is 4.98 Å². The van der Waals surface area contributed by atoms with Crippen molar-refractivity contribution in [1.29, 1.82) is 0 Å². The number of pyridine rings is 1. The number of anilines is 1. The number of rotatable bonds is 3. The van der Waals surface area contributed by atoms with Gasteiger partial charge in [0.25, 0.3) is 5.91 Å². The van der Waals surface area contributed by atoms with Gasteiger partial charge in [0, 0.05) is 18.1 Å². The monoisotopic (exact) mass is 294 g/mol. The molecule has 0 fully saturated rings. The van der Waals surface area contributed by atoms with Gasteiger partial charge >= 0.3 is 0 Å². The first-order valence-corrected chi connectivity index (χ1v) is 7.49. The fraction of sp³-hybridized carbons (Fsp3) is 0.0769. The lowest BCUT2D eigenvalue weighted by molar-refractivity contribution is 0.102. The summed E-state index contributed by atoms with van der Waals surface area (Å²) in [5, 5.41) is 2.43. The highest BCUT2D eigenvalue weighted by atomic mass is 32.2. The molecule has 1 amide bonds. The van der Waals surface area contributed by atoms with Gasteiger partial charge in [0.2, 0.25) is 5.95 Å². The molecule has 0 atom stereocenters. The second-order valence-electron chi connectivity index (χ2n) is 4.10. The lowest BCUT2D eigenvalue weighted by Gasteiger charge is -2.07. The number of hydrogen-bond acceptors (Lipinski definition) is 4. The molecule has 20 heavy (non-hydrogen) atoms. The van der Waals surface area contributed by atoms with Gasteiger partial charge in [-0.15, -0.1) is 0 Å². The number of benzene rings is 1. The number of halogens is 1. The standard InChI is InChI=1S/C13H11FN2O3S/c1-20(18,19)10-5-2-4-9(8-10)16-13(17)11-6-3-7-15-12(11)14/h2-8H,1H3,(H,16,17). The van der Waals surface area contributed by atoms with Crippen molar-refractivity contribution >= 4 is 21.4 Å². The summed E-state index contributed by atoms with van der Waals surface area (Å²) >= 11 is 0. The fourth-order valence-electron chi connectivity index (χ4n) is 1.56. The van der Waals surface area contributed by atoms with E-state index in [4.69, 9.17) is 0 Å². The van der Waals surface area contributed by atoms with E-state index >= 15 is 0 Å². The van der Waals surface area contributed by atoms with Crippen LogP contribution in [0.1, 0.15) is 10.4 Å². The molecule has 0 aliphatic heterocycles. The highest BCUT2D eigenvalue weighted by Crippen LogP contribution is 2.16. The van der Waals surface area contributed by atoms with Gasteiger partial charge in [0.1, 0.15) is 0 Å². The van der Waals surface area contributed by atoms with E-state index in [0.717, 1.165) is 6.26 Å². The Balaban J connectivity index is 2.27. The molecule has 1 heterocycles. The van der Waals surface area contributed by atoms with E-state index in [-0.39, 0.29) is 16.1 Å². The third-order valence-corrected chi connectivity index (χ3v) is 3.63. The summed E-state index contributed by atoms with van der Waals surface area (Å²) in [5.41, 5.74) is 0.0541. The number of carbonyl (C=O) groups excluding carboxylic acids is 1. The second kappa shape index (κ2) is 5.38. The van der Waals surface area contributed by atoms with Gasteiger partial charge in [-0.2, -0.15) is 4.39 Å². The van der Waals surface area contributed by atoms with E-state index in [0.29, 0.717) is 0 Å². The van der Waals surface area contributed by atoms with Crippen molar-refractivity contribution in [2.45, 2.75) is 4.90 Å². The molecule has 0 saturated carbocycles. The van der Waals surface area contributed by atoms with E-state index in [1.54, 1.807) is 0 Å². The Morgan fingerprint density at radius 3 is 2.65 bits per heavy atom. The molecular weight excluding hydrogens is 283 g/mol. The van der Waals surface area contributed by atoms with Crippen LogP contribution in [0.3, 0.4) is 0 Å². The van der Waals surface area contributed by atoms with Crippen LogP contribution in [0, 0.1) is 5.95 Å². The van der Waals surface area contributed by atoms with Crippen LogP contribution in [0.25, 0.3) is 0 Å². The van der Waals surface area contributed by atoms with Gasteiger partial charge in [0.15, 0.2) is 9.84 Å². The highest BCUT2D eigenvalue weighted by Gasteiger charge is 2.13. The zero-order valence-electron chi connectivity index (χ0n) is 10.5. The summed E-state index contributed by atoms with van der Waals surface area (Å²) in [4.78, 5) is 15.3. The topological polar surface area (TPSA) is 76.1 Å². The number of amides is 1. The molecule has 0 bridgehead atoms. The van der Waals surface area contributed by atoms with E-state index in [1.807, 2.05) is 0 Å². The SMILES string of the molecule is CS(=O)(=O)c1cccc(NC(=O)c2cccnc2F)c1. The lowest BCUT2D eigenvalue weighted by Crippen LogP contribution is -2.14. The first-order chi connectivity index (χ1) is 9.38. The molecule has 2 rings (SSSR count). The molecule has 5 nitrogen and oxygen atoms in total. The quantitative estimate of drug-likeness (QED) is 0.877. The van der Waals surface area contributed by atoms with Crippen LogP contribution in [0.2, 0.25) is 0 Å². The summed E-state index contributed by atoms with van der Waals surface area (Å²) in [7, 11) is -3.37. The zero-order valence-corrected chi connectivity index (χ0v) is 11.3. The maximum atomic E-state index is 13.3. The van der Waals surface area contributed by atoms with Crippen molar-refractivity contribution in [2.24, 2.45) is 0 Å². The number of carbonyl (C=O) groups is 1. The van der Waals surface area contributed by atoms with Gasteiger partial charge in [-0.3, -0.25) is 4.79 Å². The van der Waals surface area contributed by atoms with Gasteiger partial charge in [-0.1, -0.05) is 6.07 Å². The molecule has 104 valence electrons. The minimum absolute atomic E-state index is 0.0713. The third-order valence-electron chi connectivity index (χ3n) is 2.52. The summed E-state index contributed by atoms with van der Waals surface area (Å²) in [6.45, 7) is 0. The van der Waals surface area contributed by atoms with E-state index < -0.39 is 21.7 Å².